The van der Waals surface area contributed by atoms with Crippen LogP contribution in [0.2, 0.25) is 0 Å². The zero-order valence-corrected chi connectivity index (χ0v) is 15.8. The van der Waals surface area contributed by atoms with Crippen LogP contribution in [0, 0.1) is 0 Å². The first-order valence-corrected chi connectivity index (χ1v) is 10.6. The number of piperidine rings is 1. The highest BCUT2D eigenvalue weighted by Gasteiger charge is 2.26. The standard InChI is InChI=1S/C20H22N4O2S/c25-27(26,24-12-2-1-3-13-24)18-9-10-19(23-15-18)22-14-17-7-4-6-16-8-5-11-21-20(16)17/h4-11,15H,1-3,12-14H2,(H,22,23). The maximum Gasteiger partial charge on any atom is 0.244 e. The van der Waals surface area contributed by atoms with Gasteiger partial charge in [-0.2, -0.15) is 4.31 Å². The molecule has 7 heteroatoms. The van der Waals surface area contributed by atoms with Gasteiger partial charge in [-0.1, -0.05) is 30.7 Å². The van der Waals surface area contributed by atoms with Crippen molar-refractivity contribution in [3.05, 3.63) is 60.4 Å². The number of nitrogens with one attached hydrogen (secondary N) is 1. The molecule has 2 aromatic heterocycles. The van der Waals surface area contributed by atoms with E-state index in [2.05, 4.69) is 15.3 Å². The van der Waals surface area contributed by atoms with Gasteiger partial charge in [0.2, 0.25) is 10.0 Å². The first kappa shape index (κ1) is 17.9. The van der Waals surface area contributed by atoms with Crippen molar-refractivity contribution in [3.63, 3.8) is 0 Å². The summed E-state index contributed by atoms with van der Waals surface area (Å²) < 4.78 is 26.9. The monoisotopic (exact) mass is 382 g/mol. The molecule has 140 valence electrons. The zero-order chi connectivity index (χ0) is 18.7. The van der Waals surface area contributed by atoms with Gasteiger partial charge in [0.25, 0.3) is 0 Å². The molecule has 1 N–H and O–H groups in total. The lowest BCUT2D eigenvalue weighted by Crippen LogP contribution is -2.35. The Morgan fingerprint density at radius 1 is 0.963 bits per heavy atom. The molecule has 0 unspecified atom stereocenters. The van der Waals surface area contributed by atoms with Crippen LogP contribution in [0.5, 0.6) is 0 Å². The minimum Gasteiger partial charge on any atom is -0.366 e. The van der Waals surface area contributed by atoms with E-state index >= 15 is 0 Å². The van der Waals surface area contributed by atoms with Crippen molar-refractivity contribution < 1.29 is 8.42 Å². The Hall–Kier alpha value is -2.51. The first-order chi connectivity index (χ1) is 13.1. The molecule has 0 aliphatic carbocycles. The number of nitrogens with zero attached hydrogens (tertiary/aromatic N) is 3. The van der Waals surface area contributed by atoms with Crippen LogP contribution in [-0.2, 0) is 16.6 Å². The van der Waals surface area contributed by atoms with E-state index in [9.17, 15) is 8.42 Å². The summed E-state index contributed by atoms with van der Waals surface area (Å²) in [6, 6.07) is 13.4. The van der Waals surface area contributed by atoms with Crippen molar-refractivity contribution in [1.82, 2.24) is 14.3 Å². The lowest BCUT2D eigenvalue weighted by molar-refractivity contribution is 0.346. The molecule has 6 nitrogen and oxygen atoms in total. The molecule has 3 heterocycles. The summed E-state index contributed by atoms with van der Waals surface area (Å²) in [5, 5.41) is 4.34. The molecule has 0 amide bonds. The fourth-order valence-electron chi connectivity index (χ4n) is 3.39. The van der Waals surface area contributed by atoms with Crippen LogP contribution >= 0.6 is 0 Å². The molecule has 0 atom stereocenters. The molecule has 0 saturated carbocycles. The summed E-state index contributed by atoms with van der Waals surface area (Å²) >= 11 is 0. The smallest absolute Gasteiger partial charge is 0.244 e. The zero-order valence-electron chi connectivity index (χ0n) is 15.0. The highest BCUT2D eigenvalue weighted by Crippen LogP contribution is 2.21. The second kappa shape index (κ2) is 7.62. The molecule has 0 spiro atoms. The number of rotatable bonds is 5. The average molecular weight is 382 g/mol. The minimum absolute atomic E-state index is 0.252. The van der Waals surface area contributed by atoms with Crippen molar-refractivity contribution in [2.24, 2.45) is 0 Å². The van der Waals surface area contributed by atoms with Crippen molar-refractivity contribution >= 4 is 26.7 Å². The van der Waals surface area contributed by atoms with E-state index in [0.717, 1.165) is 35.7 Å². The summed E-state index contributed by atoms with van der Waals surface area (Å²) in [6.07, 6.45) is 6.16. The maximum atomic E-state index is 12.7. The molecule has 4 rings (SSSR count). The SMILES string of the molecule is O=S(=O)(c1ccc(NCc2cccc3cccnc23)nc1)N1CCCCC1. The molecule has 27 heavy (non-hydrogen) atoms. The molecule has 1 aliphatic rings. The van der Waals surface area contributed by atoms with E-state index in [1.165, 1.54) is 6.20 Å². The van der Waals surface area contributed by atoms with E-state index in [1.54, 1.807) is 22.6 Å². The van der Waals surface area contributed by atoms with E-state index in [1.807, 2.05) is 30.3 Å². The second-order valence-electron chi connectivity index (χ2n) is 6.69. The number of hydrogen-bond donors (Lipinski definition) is 1. The van der Waals surface area contributed by atoms with Crippen molar-refractivity contribution in [2.45, 2.75) is 30.7 Å². The molecule has 0 radical (unpaired) electrons. The number of fused-ring (bicyclic) bond motifs is 1. The molecule has 1 aromatic carbocycles. The summed E-state index contributed by atoms with van der Waals surface area (Å²) in [6.45, 7) is 1.76. The van der Waals surface area contributed by atoms with Crippen molar-refractivity contribution in [2.75, 3.05) is 18.4 Å². The van der Waals surface area contributed by atoms with Gasteiger partial charge in [0.1, 0.15) is 10.7 Å². The predicted octanol–water partition coefficient (Wildman–Crippen LogP) is 3.42. The van der Waals surface area contributed by atoms with Crippen LogP contribution in [0.4, 0.5) is 5.82 Å². The molecular weight excluding hydrogens is 360 g/mol. The number of sulfonamides is 1. The topological polar surface area (TPSA) is 75.2 Å². The maximum absolute atomic E-state index is 12.7. The fourth-order valence-corrected chi connectivity index (χ4v) is 4.85. The van der Waals surface area contributed by atoms with E-state index in [4.69, 9.17) is 0 Å². The van der Waals surface area contributed by atoms with Crippen molar-refractivity contribution in [3.8, 4) is 0 Å². The van der Waals surface area contributed by atoms with Gasteiger partial charge in [0, 0.05) is 37.4 Å². The van der Waals surface area contributed by atoms with Crippen LogP contribution in [0.1, 0.15) is 24.8 Å². The predicted molar refractivity (Wildman–Crippen MR) is 106 cm³/mol. The van der Waals surface area contributed by atoms with Gasteiger partial charge < -0.3 is 5.32 Å². The lowest BCUT2D eigenvalue weighted by atomic mass is 10.1. The van der Waals surface area contributed by atoms with Gasteiger partial charge in [0.15, 0.2) is 0 Å². The van der Waals surface area contributed by atoms with Crippen LogP contribution in [0.3, 0.4) is 0 Å². The summed E-state index contributed by atoms with van der Waals surface area (Å²) in [7, 11) is -3.44. The highest BCUT2D eigenvalue weighted by atomic mass is 32.2. The molecule has 1 fully saturated rings. The number of aromatic nitrogens is 2. The van der Waals surface area contributed by atoms with Crippen molar-refractivity contribution in [1.29, 1.82) is 0 Å². The Labute approximate surface area is 159 Å². The molecule has 0 bridgehead atoms. The number of hydrogen-bond acceptors (Lipinski definition) is 5. The van der Waals surface area contributed by atoms with Gasteiger partial charge in [-0.05, 0) is 36.6 Å². The fraction of sp³-hybridized carbons (Fsp3) is 0.300. The quantitative estimate of drug-likeness (QED) is 0.732. The summed E-state index contributed by atoms with van der Waals surface area (Å²) in [5.74, 6) is 0.639. The third-order valence-electron chi connectivity index (χ3n) is 4.87. The van der Waals surface area contributed by atoms with E-state index in [0.29, 0.717) is 25.5 Å². The highest BCUT2D eigenvalue weighted by molar-refractivity contribution is 7.89. The summed E-state index contributed by atoms with van der Waals surface area (Å²) in [5.41, 5.74) is 2.02. The molecule has 1 saturated heterocycles. The van der Waals surface area contributed by atoms with Gasteiger partial charge in [-0.15, -0.1) is 0 Å². The number of para-hydroxylation sites is 1. The lowest BCUT2D eigenvalue weighted by Gasteiger charge is -2.25. The summed E-state index contributed by atoms with van der Waals surface area (Å²) in [4.78, 5) is 9.00. The first-order valence-electron chi connectivity index (χ1n) is 9.17. The Morgan fingerprint density at radius 2 is 1.78 bits per heavy atom. The van der Waals surface area contributed by atoms with Crippen LogP contribution in [0.15, 0.2) is 59.8 Å². The Bertz CT molecular complexity index is 1020. The average Bonchev–Trinajstić information content (AvgIpc) is 2.73. The normalized spacial score (nSPS) is 15.7. The van der Waals surface area contributed by atoms with Crippen LogP contribution in [-0.4, -0.2) is 35.8 Å². The van der Waals surface area contributed by atoms with E-state index < -0.39 is 10.0 Å². The van der Waals surface area contributed by atoms with Gasteiger partial charge in [-0.25, -0.2) is 13.4 Å². The molecular formula is C20H22N4O2S. The third kappa shape index (κ3) is 3.79. The van der Waals surface area contributed by atoms with Gasteiger partial charge in [-0.3, -0.25) is 4.98 Å². The third-order valence-corrected chi connectivity index (χ3v) is 6.75. The van der Waals surface area contributed by atoms with Crippen LogP contribution in [0.25, 0.3) is 10.9 Å². The number of pyridine rings is 2. The minimum atomic E-state index is -3.44. The Balaban J connectivity index is 1.48. The number of benzene rings is 1. The van der Waals surface area contributed by atoms with Gasteiger partial charge in [0.05, 0.1) is 5.52 Å². The number of anilines is 1. The largest absolute Gasteiger partial charge is 0.366 e. The molecule has 1 aliphatic heterocycles. The van der Waals surface area contributed by atoms with E-state index in [-0.39, 0.29) is 4.90 Å². The molecule has 3 aromatic rings. The Morgan fingerprint density at radius 3 is 2.56 bits per heavy atom. The Kier molecular flexibility index (Phi) is 5.05. The second-order valence-corrected chi connectivity index (χ2v) is 8.63. The van der Waals surface area contributed by atoms with Gasteiger partial charge >= 0.3 is 0 Å². The van der Waals surface area contributed by atoms with Crippen LogP contribution < -0.4 is 5.32 Å².